The van der Waals surface area contributed by atoms with Gasteiger partial charge in [0.05, 0.1) is 17.7 Å². The van der Waals surface area contributed by atoms with Crippen molar-refractivity contribution in [1.29, 1.82) is 5.26 Å². The Morgan fingerprint density at radius 3 is 1.80 bits per heavy atom. The maximum atomic E-state index is 14.3. The molecule has 1 fully saturated rings. The first-order valence-electron chi connectivity index (χ1n) is 6.55. The van der Waals surface area contributed by atoms with Crippen LogP contribution in [0.25, 0.3) is 0 Å². The fourth-order valence-electron chi connectivity index (χ4n) is 2.55. The van der Waals surface area contributed by atoms with Gasteiger partial charge in [-0.05, 0) is 17.7 Å². The number of hydrogen-bond acceptors (Lipinski definition) is 2. The fourth-order valence-corrected chi connectivity index (χ4v) is 2.55. The standard InChI is InChI=1S/C14H8F9NO/c15-10(5-9(25)8-3-1-2-7(4-8)6-24)11(16,17)13(20,21)14(22,23)12(10,18)19/h1-4,9,25H,5H2. The molecule has 1 aromatic rings. The van der Waals surface area contributed by atoms with Gasteiger partial charge < -0.3 is 5.11 Å². The molecular weight excluding hydrogens is 369 g/mol. The second kappa shape index (κ2) is 5.27. The largest absolute Gasteiger partial charge is 0.388 e. The number of hydrogen-bond donors (Lipinski definition) is 1. The smallest absolute Gasteiger partial charge is 0.381 e. The summed E-state index contributed by atoms with van der Waals surface area (Å²) in [6.07, 6.45) is -5.01. The van der Waals surface area contributed by atoms with E-state index in [0.717, 1.165) is 24.3 Å². The predicted octanol–water partition coefficient (Wildman–Crippen LogP) is 4.24. The molecule has 0 radical (unpaired) electrons. The van der Waals surface area contributed by atoms with Gasteiger partial charge in [0, 0.05) is 6.42 Å². The van der Waals surface area contributed by atoms with Crippen LogP contribution >= 0.6 is 0 Å². The molecule has 1 unspecified atom stereocenters. The van der Waals surface area contributed by atoms with Gasteiger partial charge >= 0.3 is 23.7 Å². The molecule has 25 heavy (non-hydrogen) atoms. The fraction of sp³-hybridized carbons (Fsp3) is 0.500. The van der Waals surface area contributed by atoms with Crippen molar-refractivity contribution in [2.75, 3.05) is 0 Å². The zero-order valence-corrected chi connectivity index (χ0v) is 11.9. The van der Waals surface area contributed by atoms with Crippen LogP contribution < -0.4 is 0 Å². The van der Waals surface area contributed by atoms with Crippen LogP contribution in [-0.4, -0.2) is 34.5 Å². The number of halogens is 9. The summed E-state index contributed by atoms with van der Waals surface area (Å²) >= 11 is 0. The highest BCUT2D eigenvalue weighted by molar-refractivity contribution is 5.35. The molecule has 2 rings (SSSR count). The molecule has 1 atom stereocenters. The maximum Gasteiger partial charge on any atom is 0.381 e. The summed E-state index contributed by atoms with van der Waals surface area (Å²) in [5.74, 6) is -26.3. The lowest BCUT2D eigenvalue weighted by atomic mass is 9.87. The molecule has 0 spiro atoms. The Hall–Kier alpha value is -1.96. The third-order valence-corrected chi connectivity index (χ3v) is 4.05. The van der Waals surface area contributed by atoms with Crippen LogP contribution in [0.15, 0.2) is 24.3 Å². The van der Waals surface area contributed by atoms with E-state index in [4.69, 9.17) is 5.26 Å². The van der Waals surface area contributed by atoms with Crippen LogP contribution in [0.3, 0.4) is 0 Å². The average molecular weight is 377 g/mol. The number of aliphatic hydroxyl groups is 1. The zero-order valence-electron chi connectivity index (χ0n) is 11.9. The summed E-state index contributed by atoms with van der Waals surface area (Å²) in [6.45, 7) is 0. The van der Waals surface area contributed by atoms with Crippen LogP contribution in [-0.2, 0) is 0 Å². The summed E-state index contributed by atoms with van der Waals surface area (Å²) in [7, 11) is 0. The summed E-state index contributed by atoms with van der Waals surface area (Å²) < 4.78 is 121. The molecule has 2 nitrogen and oxygen atoms in total. The van der Waals surface area contributed by atoms with Crippen molar-refractivity contribution in [2.24, 2.45) is 0 Å². The maximum absolute atomic E-state index is 14.3. The summed E-state index contributed by atoms with van der Waals surface area (Å²) in [6, 6.07) is 5.45. The molecule has 1 aromatic carbocycles. The van der Waals surface area contributed by atoms with E-state index in [2.05, 4.69) is 0 Å². The van der Waals surface area contributed by atoms with Gasteiger partial charge in [0.25, 0.3) is 5.67 Å². The van der Waals surface area contributed by atoms with Crippen molar-refractivity contribution in [2.45, 2.75) is 41.9 Å². The van der Waals surface area contributed by atoms with Gasteiger partial charge in [-0.25, -0.2) is 4.39 Å². The minimum Gasteiger partial charge on any atom is -0.388 e. The zero-order chi connectivity index (χ0) is 19.5. The van der Waals surface area contributed by atoms with E-state index in [0.29, 0.717) is 0 Å². The summed E-state index contributed by atoms with van der Waals surface area (Å²) in [4.78, 5) is 0. The number of nitrogens with zero attached hydrogens (tertiary/aromatic N) is 1. The van der Waals surface area contributed by atoms with Crippen molar-refractivity contribution in [3.8, 4) is 6.07 Å². The highest BCUT2D eigenvalue weighted by atomic mass is 19.4. The number of benzene rings is 1. The molecule has 0 saturated heterocycles. The Bertz CT molecular complexity index is 699. The van der Waals surface area contributed by atoms with Gasteiger partial charge in [0.1, 0.15) is 0 Å². The molecule has 1 saturated carbocycles. The molecule has 138 valence electrons. The Balaban J connectivity index is 2.51. The molecule has 0 heterocycles. The van der Waals surface area contributed by atoms with Gasteiger partial charge in [-0.2, -0.15) is 40.4 Å². The predicted molar refractivity (Wildman–Crippen MR) is 64.4 cm³/mol. The first-order valence-corrected chi connectivity index (χ1v) is 6.55. The highest BCUT2D eigenvalue weighted by Crippen LogP contribution is 2.70. The number of aliphatic hydroxyl groups excluding tert-OH is 1. The Morgan fingerprint density at radius 2 is 1.36 bits per heavy atom. The first kappa shape index (κ1) is 19.4. The summed E-state index contributed by atoms with van der Waals surface area (Å²) in [5, 5.41) is 18.3. The number of nitriles is 1. The van der Waals surface area contributed by atoms with Crippen molar-refractivity contribution in [1.82, 2.24) is 0 Å². The molecule has 0 bridgehead atoms. The van der Waals surface area contributed by atoms with E-state index in [-0.39, 0.29) is 5.56 Å². The minimum atomic E-state index is -6.67. The van der Waals surface area contributed by atoms with Crippen molar-refractivity contribution >= 4 is 0 Å². The molecular formula is C14H8F9NO. The number of alkyl halides is 9. The van der Waals surface area contributed by atoms with Gasteiger partial charge in [0.15, 0.2) is 0 Å². The lowest BCUT2D eigenvalue weighted by molar-refractivity contribution is -0.303. The van der Waals surface area contributed by atoms with Gasteiger partial charge in [-0.3, -0.25) is 0 Å². The quantitative estimate of drug-likeness (QED) is 0.801. The molecule has 1 aliphatic rings. The molecule has 0 aromatic heterocycles. The first-order chi connectivity index (χ1) is 11.2. The van der Waals surface area contributed by atoms with Crippen LogP contribution in [0, 0.1) is 11.3 Å². The van der Waals surface area contributed by atoms with E-state index in [1.54, 1.807) is 6.07 Å². The molecule has 11 heteroatoms. The van der Waals surface area contributed by atoms with Crippen LogP contribution in [0.1, 0.15) is 23.7 Å². The third kappa shape index (κ3) is 2.16. The van der Waals surface area contributed by atoms with Crippen molar-refractivity contribution < 1.29 is 44.6 Å². The number of rotatable bonds is 3. The Morgan fingerprint density at radius 1 is 0.880 bits per heavy atom. The normalized spacial score (nSPS) is 26.0. The van der Waals surface area contributed by atoms with Crippen molar-refractivity contribution in [3.05, 3.63) is 35.4 Å². The minimum absolute atomic E-state index is 0.190. The van der Waals surface area contributed by atoms with E-state index < -0.39 is 47.4 Å². The SMILES string of the molecule is N#Cc1cccc(C(O)CC2(F)C(F)(F)C(F)(F)C(F)(F)C2(F)F)c1. The Kier molecular flexibility index (Phi) is 4.08. The van der Waals surface area contributed by atoms with Gasteiger partial charge in [0.2, 0.25) is 0 Å². The molecule has 1 N–H and O–H groups in total. The van der Waals surface area contributed by atoms with Crippen LogP contribution in [0.5, 0.6) is 0 Å². The molecule has 0 aliphatic heterocycles. The molecule has 0 amide bonds. The Labute approximate surface area is 134 Å². The van der Waals surface area contributed by atoms with Gasteiger partial charge in [-0.1, -0.05) is 12.1 Å². The van der Waals surface area contributed by atoms with E-state index >= 15 is 0 Å². The lowest BCUT2D eigenvalue weighted by Crippen LogP contribution is -2.55. The third-order valence-electron chi connectivity index (χ3n) is 4.05. The van der Waals surface area contributed by atoms with Gasteiger partial charge in [-0.15, -0.1) is 0 Å². The van der Waals surface area contributed by atoms with Crippen LogP contribution in [0.4, 0.5) is 39.5 Å². The van der Waals surface area contributed by atoms with E-state index in [1.165, 1.54) is 0 Å². The molecule has 1 aliphatic carbocycles. The van der Waals surface area contributed by atoms with Crippen LogP contribution in [0.2, 0.25) is 0 Å². The van der Waals surface area contributed by atoms with Crippen molar-refractivity contribution in [3.63, 3.8) is 0 Å². The second-order valence-electron chi connectivity index (χ2n) is 5.56. The van der Waals surface area contributed by atoms with E-state index in [9.17, 15) is 44.6 Å². The summed E-state index contributed by atoms with van der Waals surface area (Å²) in [5.41, 5.74) is -6.47. The average Bonchev–Trinajstić information content (AvgIpc) is 2.57. The highest BCUT2D eigenvalue weighted by Gasteiger charge is 3.00. The lowest BCUT2D eigenvalue weighted by Gasteiger charge is -2.32. The monoisotopic (exact) mass is 377 g/mol. The second-order valence-corrected chi connectivity index (χ2v) is 5.56. The van der Waals surface area contributed by atoms with E-state index in [1.807, 2.05) is 0 Å². The topological polar surface area (TPSA) is 44.0 Å².